The van der Waals surface area contributed by atoms with E-state index in [2.05, 4.69) is 15.4 Å². The smallest absolute Gasteiger partial charge is 0.254 e. The normalized spacial score (nSPS) is 22.7. The van der Waals surface area contributed by atoms with Crippen molar-refractivity contribution in [2.45, 2.75) is 6.54 Å². The van der Waals surface area contributed by atoms with Crippen LogP contribution in [0, 0.1) is 11.8 Å². The quantitative estimate of drug-likeness (QED) is 0.911. The van der Waals surface area contributed by atoms with Gasteiger partial charge in [-0.3, -0.25) is 4.79 Å². The number of hydrogen-bond donors (Lipinski definition) is 1. The topological polar surface area (TPSA) is 63.1 Å². The number of likely N-dealkylation sites (tertiary alicyclic amines) is 1. The number of benzene rings is 1. The molecule has 2 saturated heterocycles. The summed E-state index contributed by atoms with van der Waals surface area (Å²) in [4.78, 5) is 18.9. The lowest BCUT2D eigenvalue weighted by molar-refractivity contribution is 0.0780. The summed E-state index contributed by atoms with van der Waals surface area (Å²) in [5, 5.41) is 7.54. The van der Waals surface area contributed by atoms with Crippen LogP contribution in [0.5, 0.6) is 0 Å². The Morgan fingerprint density at radius 1 is 1.22 bits per heavy atom. The summed E-state index contributed by atoms with van der Waals surface area (Å²) in [5.74, 6) is 1.38. The van der Waals surface area contributed by atoms with Gasteiger partial charge < -0.3 is 10.2 Å². The van der Waals surface area contributed by atoms with Crippen molar-refractivity contribution in [3.8, 4) is 0 Å². The van der Waals surface area contributed by atoms with Gasteiger partial charge in [0.05, 0.1) is 6.54 Å². The van der Waals surface area contributed by atoms with Crippen LogP contribution in [-0.2, 0) is 6.54 Å². The van der Waals surface area contributed by atoms with E-state index in [1.165, 1.54) is 6.33 Å². The summed E-state index contributed by atoms with van der Waals surface area (Å²) >= 11 is 0. The number of aromatic nitrogens is 3. The summed E-state index contributed by atoms with van der Waals surface area (Å²) in [6, 6.07) is 7.80. The largest absolute Gasteiger partial charge is 0.338 e. The molecule has 122 valence electrons. The Hall–Kier alpha value is -1.92. The van der Waals surface area contributed by atoms with Gasteiger partial charge in [0.25, 0.3) is 5.91 Å². The van der Waals surface area contributed by atoms with Crippen LogP contribution >= 0.6 is 12.4 Å². The second-order valence-electron chi connectivity index (χ2n) is 6.14. The molecule has 1 aromatic carbocycles. The van der Waals surface area contributed by atoms with Crippen LogP contribution in [-0.4, -0.2) is 51.8 Å². The third kappa shape index (κ3) is 3.09. The molecule has 0 bridgehead atoms. The highest BCUT2D eigenvalue weighted by atomic mass is 35.5. The first-order chi connectivity index (χ1) is 10.8. The predicted molar refractivity (Wildman–Crippen MR) is 88.6 cm³/mol. The monoisotopic (exact) mass is 333 g/mol. The Bertz CT molecular complexity index is 663. The maximum absolute atomic E-state index is 12.9. The molecule has 6 nitrogen and oxygen atoms in total. The lowest BCUT2D eigenvalue weighted by Crippen LogP contribution is -2.32. The molecule has 0 aliphatic carbocycles. The Morgan fingerprint density at radius 3 is 2.65 bits per heavy atom. The van der Waals surface area contributed by atoms with Crippen LogP contribution in [0.2, 0.25) is 0 Å². The van der Waals surface area contributed by atoms with Crippen LogP contribution in [0.25, 0.3) is 0 Å². The van der Waals surface area contributed by atoms with E-state index < -0.39 is 0 Å². The highest BCUT2D eigenvalue weighted by Crippen LogP contribution is 2.28. The van der Waals surface area contributed by atoms with E-state index in [-0.39, 0.29) is 18.3 Å². The van der Waals surface area contributed by atoms with Gasteiger partial charge in [0, 0.05) is 31.7 Å². The van der Waals surface area contributed by atoms with Gasteiger partial charge in [-0.1, -0.05) is 18.2 Å². The molecular formula is C16H20ClN5O. The first kappa shape index (κ1) is 16.0. The van der Waals surface area contributed by atoms with Crippen molar-refractivity contribution in [3.05, 3.63) is 48.0 Å². The lowest BCUT2D eigenvalue weighted by Gasteiger charge is -2.19. The first-order valence-corrected chi connectivity index (χ1v) is 7.71. The second kappa shape index (κ2) is 6.68. The fourth-order valence-electron chi connectivity index (χ4n) is 3.55. The van der Waals surface area contributed by atoms with E-state index in [0.29, 0.717) is 18.4 Å². The van der Waals surface area contributed by atoms with Crippen LogP contribution in [0.15, 0.2) is 36.9 Å². The van der Waals surface area contributed by atoms with Crippen molar-refractivity contribution in [1.29, 1.82) is 0 Å². The standard InChI is InChI=1S/C16H19N5O.ClH/c22-16(20-7-13-5-17-6-14(13)8-20)15-4-2-1-3-12(15)9-21-11-18-10-19-21;/h1-4,10-11,13-14,17H,5-9H2;1H/t13-,14+;. The Labute approximate surface area is 141 Å². The molecule has 2 atom stereocenters. The van der Waals surface area contributed by atoms with Crippen molar-refractivity contribution in [2.75, 3.05) is 26.2 Å². The van der Waals surface area contributed by atoms with Gasteiger partial charge in [0.2, 0.25) is 0 Å². The summed E-state index contributed by atoms with van der Waals surface area (Å²) in [6.45, 7) is 4.39. The van der Waals surface area contributed by atoms with E-state index in [0.717, 1.165) is 37.3 Å². The molecule has 1 aromatic heterocycles. The van der Waals surface area contributed by atoms with Crippen molar-refractivity contribution in [3.63, 3.8) is 0 Å². The SMILES string of the molecule is Cl.O=C(c1ccccc1Cn1cncn1)N1C[C@H]2CNC[C@H]2C1. The highest BCUT2D eigenvalue weighted by molar-refractivity contribution is 5.96. The number of nitrogens with one attached hydrogen (secondary N) is 1. The van der Waals surface area contributed by atoms with Gasteiger partial charge >= 0.3 is 0 Å². The molecule has 0 unspecified atom stereocenters. The molecular weight excluding hydrogens is 314 g/mol. The maximum Gasteiger partial charge on any atom is 0.254 e. The lowest BCUT2D eigenvalue weighted by atomic mass is 10.0. The number of carbonyl (C=O) groups excluding carboxylic acids is 1. The summed E-state index contributed by atoms with van der Waals surface area (Å²) in [7, 11) is 0. The van der Waals surface area contributed by atoms with Crippen molar-refractivity contribution >= 4 is 18.3 Å². The number of fused-ring (bicyclic) bond motifs is 1. The van der Waals surface area contributed by atoms with Gasteiger partial charge in [0.15, 0.2) is 0 Å². The molecule has 23 heavy (non-hydrogen) atoms. The molecule has 0 radical (unpaired) electrons. The average molecular weight is 334 g/mol. The minimum Gasteiger partial charge on any atom is -0.338 e. The van der Waals surface area contributed by atoms with Crippen molar-refractivity contribution in [2.24, 2.45) is 11.8 Å². The van der Waals surface area contributed by atoms with Crippen molar-refractivity contribution in [1.82, 2.24) is 25.0 Å². The Kier molecular flexibility index (Phi) is 4.63. The molecule has 4 rings (SSSR count). The van der Waals surface area contributed by atoms with E-state index in [4.69, 9.17) is 0 Å². The zero-order valence-electron chi connectivity index (χ0n) is 12.8. The van der Waals surface area contributed by atoms with Gasteiger partial charge in [-0.15, -0.1) is 12.4 Å². The van der Waals surface area contributed by atoms with E-state index in [1.54, 1.807) is 11.0 Å². The summed E-state index contributed by atoms with van der Waals surface area (Å²) < 4.78 is 1.74. The van der Waals surface area contributed by atoms with Gasteiger partial charge in [-0.05, 0) is 23.5 Å². The molecule has 1 amide bonds. The third-order valence-electron chi connectivity index (χ3n) is 4.72. The number of carbonyl (C=O) groups is 1. The minimum absolute atomic E-state index is 0. The number of amides is 1. The van der Waals surface area contributed by atoms with Gasteiger partial charge in [0.1, 0.15) is 12.7 Å². The molecule has 3 heterocycles. The second-order valence-corrected chi connectivity index (χ2v) is 6.14. The van der Waals surface area contributed by atoms with E-state index in [9.17, 15) is 4.79 Å². The summed E-state index contributed by atoms with van der Waals surface area (Å²) in [6.07, 6.45) is 3.19. The Balaban J connectivity index is 0.00000156. The van der Waals surface area contributed by atoms with Crippen LogP contribution in [0.4, 0.5) is 0 Å². The zero-order chi connectivity index (χ0) is 14.9. The predicted octanol–water partition coefficient (Wildman–Crippen LogP) is 1.04. The maximum atomic E-state index is 12.9. The van der Waals surface area contributed by atoms with Crippen LogP contribution in [0.3, 0.4) is 0 Å². The first-order valence-electron chi connectivity index (χ1n) is 7.71. The van der Waals surface area contributed by atoms with Crippen LogP contribution in [0.1, 0.15) is 15.9 Å². The van der Waals surface area contributed by atoms with Gasteiger partial charge in [-0.25, -0.2) is 9.67 Å². The zero-order valence-corrected chi connectivity index (χ0v) is 13.6. The van der Waals surface area contributed by atoms with Crippen molar-refractivity contribution < 1.29 is 4.79 Å². The van der Waals surface area contributed by atoms with Gasteiger partial charge in [-0.2, -0.15) is 5.10 Å². The number of hydrogen-bond acceptors (Lipinski definition) is 4. The third-order valence-corrected chi connectivity index (χ3v) is 4.72. The minimum atomic E-state index is 0. The highest BCUT2D eigenvalue weighted by Gasteiger charge is 2.38. The summed E-state index contributed by atoms with van der Waals surface area (Å²) in [5.41, 5.74) is 1.78. The molecule has 1 N–H and O–H groups in total. The number of nitrogens with zero attached hydrogens (tertiary/aromatic N) is 4. The molecule has 2 aliphatic heterocycles. The fraction of sp³-hybridized carbons (Fsp3) is 0.438. The van der Waals surface area contributed by atoms with Crippen LogP contribution < -0.4 is 5.32 Å². The number of rotatable bonds is 3. The molecule has 2 fully saturated rings. The molecule has 7 heteroatoms. The fourth-order valence-corrected chi connectivity index (χ4v) is 3.55. The Morgan fingerprint density at radius 2 is 1.96 bits per heavy atom. The molecule has 0 saturated carbocycles. The molecule has 2 aromatic rings. The van der Waals surface area contributed by atoms with E-state index in [1.807, 2.05) is 29.2 Å². The number of halogens is 1. The van der Waals surface area contributed by atoms with E-state index >= 15 is 0 Å². The molecule has 2 aliphatic rings. The average Bonchev–Trinajstić information content (AvgIpc) is 3.23. The molecule has 0 spiro atoms.